The van der Waals surface area contributed by atoms with Crippen LogP contribution in [0.4, 0.5) is 10.1 Å². The number of halogens is 2. The largest absolute Gasteiger partial charge is 0.477 e. The fourth-order valence-corrected chi connectivity index (χ4v) is 4.01. The van der Waals surface area contributed by atoms with Gasteiger partial charge in [0.15, 0.2) is 11.6 Å². The van der Waals surface area contributed by atoms with Gasteiger partial charge in [0.05, 0.1) is 6.20 Å². The van der Waals surface area contributed by atoms with Gasteiger partial charge >= 0.3 is 5.97 Å². The first-order valence-electron chi connectivity index (χ1n) is 8.88. The maximum absolute atomic E-state index is 15.1. The lowest BCUT2D eigenvalue weighted by atomic mass is 9.98. The average Bonchev–Trinajstić information content (AvgIpc) is 3.09. The number of carbonyl (C=O) groups is 1. The van der Waals surface area contributed by atoms with Gasteiger partial charge in [0.25, 0.3) is 5.56 Å². The fraction of sp³-hybridized carbons (Fsp3) is 0.200. The summed E-state index contributed by atoms with van der Waals surface area (Å²) in [6.45, 7) is 1.04. The summed E-state index contributed by atoms with van der Waals surface area (Å²) in [4.78, 5) is 26.1. The Kier molecular flexibility index (Phi) is 4.48. The molecule has 1 unspecified atom stereocenters. The van der Waals surface area contributed by atoms with Crippen LogP contribution in [0.25, 0.3) is 16.6 Å². The summed E-state index contributed by atoms with van der Waals surface area (Å²) in [5.41, 5.74) is 6.51. The Bertz CT molecular complexity index is 1230. The van der Waals surface area contributed by atoms with E-state index in [9.17, 15) is 14.7 Å². The third-order valence-electron chi connectivity index (χ3n) is 5.29. The van der Waals surface area contributed by atoms with Crippen molar-refractivity contribution in [2.45, 2.75) is 12.5 Å². The maximum Gasteiger partial charge on any atom is 0.341 e. The van der Waals surface area contributed by atoms with Crippen molar-refractivity contribution in [1.29, 1.82) is 0 Å². The van der Waals surface area contributed by atoms with E-state index in [2.05, 4.69) is 0 Å². The number of nitrogens with two attached hydrogens (primary N) is 1. The first kappa shape index (κ1) is 19.2. The highest BCUT2D eigenvalue weighted by Crippen LogP contribution is 2.49. The van der Waals surface area contributed by atoms with Gasteiger partial charge in [-0.05, 0) is 18.6 Å². The van der Waals surface area contributed by atoms with Crippen molar-refractivity contribution in [1.82, 2.24) is 4.40 Å². The Balaban J connectivity index is 0.00000205. The number of hydrogen-bond acceptors (Lipinski definition) is 5. The zero-order valence-electron chi connectivity index (χ0n) is 15.1. The number of nitrogens with zero attached hydrogens (tertiary/aromatic N) is 2. The quantitative estimate of drug-likeness (QED) is 0.520. The molecule has 0 amide bonds. The number of benzene rings is 1. The van der Waals surface area contributed by atoms with Gasteiger partial charge in [-0.3, -0.25) is 9.20 Å². The second kappa shape index (κ2) is 6.75. The topological polar surface area (TPSA) is 97.3 Å². The first-order chi connectivity index (χ1) is 13.5. The molecule has 0 bridgehead atoms. The molecule has 0 saturated carbocycles. The molecule has 2 aliphatic rings. The molecule has 0 aliphatic carbocycles. The summed E-state index contributed by atoms with van der Waals surface area (Å²) in [5, 5.41) is 9.45. The minimum atomic E-state index is -1.36. The molecule has 3 aromatic rings. The van der Waals surface area contributed by atoms with Crippen molar-refractivity contribution in [3.05, 3.63) is 58.3 Å². The number of aromatic carboxylic acids is 1. The van der Waals surface area contributed by atoms with E-state index in [1.165, 1.54) is 6.07 Å². The van der Waals surface area contributed by atoms with Crippen LogP contribution in [0.2, 0.25) is 0 Å². The van der Waals surface area contributed by atoms with Crippen molar-refractivity contribution < 1.29 is 19.0 Å². The van der Waals surface area contributed by atoms with Gasteiger partial charge in [-0.2, -0.15) is 0 Å². The molecule has 9 heteroatoms. The van der Waals surface area contributed by atoms with E-state index in [0.717, 1.165) is 17.0 Å². The molecular weight excluding hydrogens is 401 g/mol. The van der Waals surface area contributed by atoms with E-state index >= 15 is 4.39 Å². The predicted octanol–water partition coefficient (Wildman–Crippen LogP) is 2.87. The van der Waals surface area contributed by atoms with E-state index in [4.69, 9.17) is 10.5 Å². The van der Waals surface area contributed by atoms with Crippen molar-refractivity contribution in [2.75, 3.05) is 18.0 Å². The van der Waals surface area contributed by atoms with Gasteiger partial charge in [-0.25, -0.2) is 9.18 Å². The van der Waals surface area contributed by atoms with Crippen molar-refractivity contribution in [2.24, 2.45) is 5.73 Å². The molecule has 1 fully saturated rings. The van der Waals surface area contributed by atoms with Crippen molar-refractivity contribution in [3.63, 3.8) is 0 Å². The van der Waals surface area contributed by atoms with Crippen LogP contribution >= 0.6 is 12.4 Å². The summed E-state index contributed by atoms with van der Waals surface area (Å²) in [7, 11) is 0. The second-order valence-electron chi connectivity index (χ2n) is 7.05. The predicted molar refractivity (Wildman–Crippen MR) is 108 cm³/mol. The van der Waals surface area contributed by atoms with E-state index in [0.29, 0.717) is 35.5 Å². The standard InChI is InChI=1S/C20H16FN3O4.ClH/c21-14-9-24-16-12(7-13(19(24)25)20(26)27)11-3-1-2-4-15(11)28-18(16)17(14)23-6-5-10(22)8-23;/h1-4,7,9-10H,5-6,8,22H2,(H,26,27);1H. The van der Waals surface area contributed by atoms with Crippen LogP contribution in [0.3, 0.4) is 0 Å². The monoisotopic (exact) mass is 417 g/mol. The molecule has 3 N–H and O–H groups in total. The molecule has 0 spiro atoms. The van der Waals surface area contributed by atoms with Gasteiger partial charge in [-0.1, -0.05) is 18.2 Å². The third kappa shape index (κ3) is 2.75. The number of aromatic nitrogens is 1. The highest BCUT2D eigenvalue weighted by atomic mass is 35.5. The number of anilines is 1. The van der Waals surface area contributed by atoms with E-state index in [1.54, 1.807) is 24.3 Å². The summed E-state index contributed by atoms with van der Waals surface area (Å²) in [6.07, 6.45) is 1.76. The summed E-state index contributed by atoms with van der Waals surface area (Å²) in [6, 6.07) is 8.33. The van der Waals surface area contributed by atoms with Crippen LogP contribution in [-0.4, -0.2) is 34.6 Å². The molecule has 1 atom stereocenters. The molecule has 150 valence electrons. The Morgan fingerprint density at radius 1 is 1.28 bits per heavy atom. The lowest BCUT2D eigenvalue weighted by molar-refractivity contribution is 0.0694. The zero-order chi connectivity index (χ0) is 19.6. The smallest absolute Gasteiger partial charge is 0.341 e. The molecule has 2 aliphatic heterocycles. The molecule has 1 aromatic carbocycles. The van der Waals surface area contributed by atoms with E-state index in [1.807, 2.05) is 4.90 Å². The first-order valence-corrected chi connectivity index (χ1v) is 8.88. The molecule has 2 aromatic heterocycles. The Labute approximate surface area is 170 Å². The molecule has 7 nitrogen and oxygen atoms in total. The second-order valence-corrected chi connectivity index (χ2v) is 7.05. The highest BCUT2D eigenvalue weighted by Gasteiger charge is 2.32. The maximum atomic E-state index is 15.1. The van der Waals surface area contributed by atoms with Crippen LogP contribution < -0.4 is 20.9 Å². The molecule has 4 heterocycles. The summed E-state index contributed by atoms with van der Waals surface area (Å²) in [5.74, 6) is -1.35. The highest BCUT2D eigenvalue weighted by molar-refractivity contribution is 5.98. The number of rotatable bonds is 2. The number of carboxylic acid groups (broad SMARTS) is 1. The lowest BCUT2D eigenvalue weighted by Crippen LogP contribution is -2.29. The van der Waals surface area contributed by atoms with Crippen LogP contribution in [0, 0.1) is 5.82 Å². The minimum Gasteiger partial charge on any atom is -0.477 e. The third-order valence-corrected chi connectivity index (χ3v) is 5.29. The number of pyridine rings is 2. The van der Waals surface area contributed by atoms with Gasteiger partial charge < -0.3 is 20.5 Å². The lowest BCUT2D eigenvalue weighted by Gasteiger charge is -2.28. The molecular formula is C20H17ClFN3O4. The minimum absolute atomic E-state index is 0. The van der Waals surface area contributed by atoms with Crippen LogP contribution in [0.5, 0.6) is 11.5 Å². The summed E-state index contributed by atoms with van der Waals surface area (Å²) >= 11 is 0. The SMILES string of the molecule is Cl.NC1CCN(c2c(F)cn3c(=O)c(C(=O)O)cc4c3c2Oc2ccccc2-4)C1. The van der Waals surface area contributed by atoms with Crippen LogP contribution in [0.15, 0.2) is 41.3 Å². The number of para-hydroxylation sites is 1. The van der Waals surface area contributed by atoms with Gasteiger partial charge in [0.1, 0.15) is 22.5 Å². The van der Waals surface area contributed by atoms with Crippen molar-refractivity contribution >= 4 is 29.6 Å². The molecule has 29 heavy (non-hydrogen) atoms. The molecule has 1 saturated heterocycles. The Hall–Kier alpha value is -3.10. The Morgan fingerprint density at radius 2 is 2.03 bits per heavy atom. The Morgan fingerprint density at radius 3 is 2.72 bits per heavy atom. The van der Waals surface area contributed by atoms with E-state index in [-0.39, 0.29) is 29.9 Å². The van der Waals surface area contributed by atoms with Crippen LogP contribution in [0.1, 0.15) is 16.8 Å². The van der Waals surface area contributed by atoms with Gasteiger partial charge in [-0.15, -0.1) is 12.4 Å². The normalized spacial score (nSPS) is 16.9. The number of fused-ring (bicyclic) bond motifs is 2. The number of ether oxygens (including phenoxy) is 1. The zero-order valence-corrected chi connectivity index (χ0v) is 15.9. The fourth-order valence-electron chi connectivity index (χ4n) is 4.01. The molecule has 5 rings (SSSR count). The van der Waals surface area contributed by atoms with Gasteiger partial charge in [0.2, 0.25) is 0 Å². The van der Waals surface area contributed by atoms with Crippen molar-refractivity contribution in [3.8, 4) is 22.6 Å². The number of hydrogen-bond donors (Lipinski definition) is 2. The van der Waals surface area contributed by atoms with E-state index < -0.39 is 22.9 Å². The molecule has 0 radical (unpaired) electrons. The van der Waals surface area contributed by atoms with Crippen LogP contribution in [-0.2, 0) is 0 Å². The van der Waals surface area contributed by atoms with Gasteiger partial charge in [0, 0.05) is 30.3 Å². The summed E-state index contributed by atoms with van der Waals surface area (Å²) < 4.78 is 22.2. The number of carboxylic acids is 1. The average molecular weight is 418 g/mol.